The van der Waals surface area contributed by atoms with Crippen LogP contribution < -0.4 is 0 Å². The minimum absolute atomic E-state index is 0.0268. The molecule has 0 unspecified atom stereocenters. The average molecular weight is 274 g/mol. The minimum Gasteiger partial charge on any atom is -0.468 e. The lowest BCUT2D eigenvalue weighted by Gasteiger charge is -2.25. The smallest absolute Gasteiger partial charge is 0.334 e. The van der Waals surface area contributed by atoms with Crippen molar-refractivity contribution in [3.8, 4) is 0 Å². The zero-order valence-electron chi connectivity index (χ0n) is 12.0. The third kappa shape index (κ3) is 3.94. The molecule has 6 heteroatoms. The molecule has 0 aromatic rings. The van der Waals surface area contributed by atoms with Gasteiger partial charge in [-0.1, -0.05) is 32.6 Å². The first-order valence-corrected chi connectivity index (χ1v) is 6.26. The SMILES string of the molecule is CCCCCCC(C(=O)OC)(C(=O)OC)C(=O)OC. The third-order valence-electron chi connectivity index (χ3n) is 3.01. The largest absolute Gasteiger partial charge is 0.468 e. The van der Waals surface area contributed by atoms with Gasteiger partial charge in [-0.3, -0.25) is 14.4 Å². The summed E-state index contributed by atoms with van der Waals surface area (Å²) in [5.41, 5.74) is -2.01. The van der Waals surface area contributed by atoms with Gasteiger partial charge < -0.3 is 14.2 Å². The Hall–Kier alpha value is -1.59. The number of ether oxygens (including phenoxy) is 3. The Kier molecular flexibility index (Phi) is 7.79. The van der Waals surface area contributed by atoms with Crippen molar-refractivity contribution in [1.29, 1.82) is 0 Å². The second-order valence-corrected chi connectivity index (χ2v) is 4.19. The van der Waals surface area contributed by atoms with Crippen LogP contribution in [0, 0.1) is 5.41 Å². The molecule has 0 fully saturated rings. The van der Waals surface area contributed by atoms with E-state index in [4.69, 9.17) is 0 Å². The first kappa shape index (κ1) is 17.4. The Bertz CT molecular complexity index is 282. The van der Waals surface area contributed by atoms with Crippen LogP contribution in [0.25, 0.3) is 0 Å². The summed E-state index contributed by atoms with van der Waals surface area (Å²) in [5.74, 6) is -2.83. The van der Waals surface area contributed by atoms with E-state index in [1.54, 1.807) is 0 Å². The molecule has 6 nitrogen and oxygen atoms in total. The molecule has 0 aromatic carbocycles. The van der Waals surface area contributed by atoms with Crippen LogP contribution in [0.4, 0.5) is 0 Å². The van der Waals surface area contributed by atoms with Crippen LogP contribution >= 0.6 is 0 Å². The first-order valence-electron chi connectivity index (χ1n) is 6.26. The minimum atomic E-state index is -2.01. The van der Waals surface area contributed by atoms with Crippen LogP contribution in [0.1, 0.15) is 39.0 Å². The maximum absolute atomic E-state index is 11.9. The van der Waals surface area contributed by atoms with E-state index in [1.165, 1.54) is 0 Å². The lowest BCUT2D eigenvalue weighted by atomic mass is 9.82. The molecule has 0 rings (SSSR count). The van der Waals surface area contributed by atoms with Crippen LogP contribution in [0.5, 0.6) is 0 Å². The molecule has 0 N–H and O–H groups in total. The summed E-state index contributed by atoms with van der Waals surface area (Å²) < 4.78 is 13.7. The van der Waals surface area contributed by atoms with E-state index in [1.807, 2.05) is 6.92 Å². The van der Waals surface area contributed by atoms with Crippen LogP contribution in [-0.4, -0.2) is 39.2 Å². The van der Waals surface area contributed by atoms with Crippen molar-refractivity contribution in [3.63, 3.8) is 0 Å². The van der Waals surface area contributed by atoms with Crippen LogP contribution in [0.2, 0.25) is 0 Å². The third-order valence-corrected chi connectivity index (χ3v) is 3.01. The molecular weight excluding hydrogens is 252 g/mol. The van der Waals surface area contributed by atoms with Gasteiger partial charge in [-0.05, 0) is 6.42 Å². The van der Waals surface area contributed by atoms with E-state index in [-0.39, 0.29) is 6.42 Å². The van der Waals surface area contributed by atoms with Gasteiger partial charge in [-0.2, -0.15) is 0 Å². The normalized spacial score (nSPS) is 10.7. The Balaban J connectivity index is 5.20. The summed E-state index contributed by atoms with van der Waals surface area (Å²) in [5, 5.41) is 0. The predicted molar refractivity (Wildman–Crippen MR) is 67.2 cm³/mol. The zero-order valence-corrected chi connectivity index (χ0v) is 12.0. The maximum Gasteiger partial charge on any atom is 0.334 e. The highest BCUT2D eigenvalue weighted by Gasteiger charge is 2.56. The predicted octanol–water partition coefficient (Wildman–Crippen LogP) is 1.46. The van der Waals surface area contributed by atoms with Gasteiger partial charge in [-0.25, -0.2) is 0 Å². The van der Waals surface area contributed by atoms with E-state index in [9.17, 15) is 14.4 Å². The fourth-order valence-electron chi connectivity index (χ4n) is 1.90. The van der Waals surface area contributed by atoms with Crippen molar-refractivity contribution < 1.29 is 28.6 Å². The van der Waals surface area contributed by atoms with Crippen molar-refractivity contribution in [3.05, 3.63) is 0 Å². The summed E-state index contributed by atoms with van der Waals surface area (Å²) in [6.07, 6.45) is 3.33. The fourth-order valence-corrected chi connectivity index (χ4v) is 1.90. The summed E-state index contributed by atoms with van der Waals surface area (Å²) >= 11 is 0. The van der Waals surface area contributed by atoms with Gasteiger partial charge >= 0.3 is 17.9 Å². The Morgan fingerprint density at radius 1 is 0.789 bits per heavy atom. The molecule has 0 aliphatic heterocycles. The highest BCUT2D eigenvalue weighted by molar-refractivity contribution is 6.17. The number of hydrogen-bond donors (Lipinski definition) is 0. The standard InChI is InChI=1S/C13H22O6/c1-5-6-7-8-9-13(10(14)17-2,11(15)18-3)12(16)19-4/h5-9H2,1-4H3. The van der Waals surface area contributed by atoms with Crippen LogP contribution in [-0.2, 0) is 28.6 Å². The molecule has 0 aliphatic rings. The molecule has 0 radical (unpaired) electrons. The highest BCUT2D eigenvalue weighted by Crippen LogP contribution is 2.30. The Morgan fingerprint density at radius 3 is 1.53 bits per heavy atom. The van der Waals surface area contributed by atoms with Crippen molar-refractivity contribution >= 4 is 17.9 Å². The fraction of sp³-hybridized carbons (Fsp3) is 0.769. The van der Waals surface area contributed by atoms with E-state index in [2.05, 4.69) is 14.2 Å². The lowest BCUT2D eigenvalue weighted by Crippen LogP contribution is -2.48. The molecule has 0 spiro atoms. The van der Waals surface area contributed by atoms with Gasteiger partial charge in [0.1, 0.15) is 0 Å². The second kappa shape index (κ2) is 8.50. The van der Waals surface area contributed by atoms with Gasteiger partial charge in [0, 0.05) is 0 Å². The highest BCUT2D eigenvalue weighted by atomic mass is 16.6. The first-order chi connectivity index (χ1) is 9.00. The van der Waals surface area contributed by atoms with Gasteiger partial charge in [0.25, 0.3) is 5.41 Å². The molecule has 0 aliphatic carbocycles. The van der Waals surface area contributed by atoms with Crippen LogP contribution in [0.3, 0.4) is 0 Å². The zero-order chi connectivity index (χ0) is 14.9. The van der Waals surface area contributed by atoms with E-state index in [0.717, 1.165) is 40.6 Å². The summed E-state index contributed by atoms with van der Waals surface area (Å²) in [4.78, 5) is 35.6. The molecule has 0 bridgehead atoms. The van der Waals surface area contributed by atoms with Crippen LogP contribution in [0.15, 0.2) is 0 Å². The number of unbranched alkanes of at least 4 members (excludes halogenated alkanes) is 3. The second-order valence-electron chi connectivity index (χ2n) is 4.19. The van der Waals surface area contributed by atoms with Crippen molar-refractivity contribution in [2.45, 2.75) is 39.0 Å². The molecule has 0 saturated carbocycles. The molecule has 19 heavy (non-hydrogen) atoms. The monoisotopic (exact) mass is 274 g/mol. The molecule has 0 amide bonds. The van der Waals surface area contributed by atoms with Crippen molar-refractivity contribution in [2.75, 3.05) is 21.3 Å². The molecule has 0 aromatic heterocycles. The number of rotatable bonds is 8. The summed E-state index contributed by atoms with van der Waals surface area (Å²) in [7, 11) is 3.36. The summed E-state index contributed by atoms with van der Waals surface area (Å²) in [6, 6.07) is 0. The number of methoxy groups -OCH3 is 3. The van der Waals surface area contributed by atoms with Gasteiger partial charge in [0.15, 0.2) is 0 Å². The number of hydrogen-bond acceptors (Lipinski definition) is 6. The van der Waals surface area contributed by atoms with Crippen molar-refractivity contribution in [2.24, 2.45) is 5.41 Å². The van der Waals surface area contributed by atoms with Gasteiger partial charge in [0.05, 0.1) is 21.3 Å². The van der Waals surface area contributed by atoms with E-state index in [0.29, 0.717) is 6.42 Å². The molecule has 0 atom stereocenters. The number of esters is 3. The van der Waals surface area contributed by atoms with Gasteiger partial charge in [0.2, 0.25) is 0 Å². The molecule has 110 valence electrons. The molecule has 0 heterocycles. The molecule has 0 saturated heterocycles. The van der Waals surface area contributed by atoms with Gasteiger partial charge in [-0.15, -0.1) is 0 Å². The average Bonchev–Trinajstić information content (AvgIpc) is 2.45. The van der Waals surface area contributed by atoms with E-state index >= 15 is 0 Å². The maximum atomic E-state index is 11.9. The number of carbonyl (C=O) groups is 3. The van der Waals surface area contributed by atoms with E-state index < -0.39 is 23.3 Å². The Labute approximate surface area is 113 Å². The number of carbonyl (C=O) groups excluding carboxylic acids is 3. The topological polar surface area (TPSA) is 78.9 Å². The van der Waals surface area contributed by atoms with Crippen molar-refractivity contribution in [1.82, 2.24) is 0 Å². The Morgan fingerprint density at radius 2 is 1.21 bits per heavy atom. The molecular formula is C13H22O6. The summed E-state index contributed by atoms with van der Waals surface area (Å²) in [6.45, 7) is 2.04. The quantitative estimate of drug-likeness (QED) is 0.288. The lowest BCUT2D eigenvalue weighted by molar-refractivity contribution is -0.181.